The number of anilines is 1. The first-order valence-corrected chi connectivity index (χ1v) is 5.47. The number of amides is 1. The molecule has 4 nitrogen and oxygen atoms in total. The normalized spacial score (nSPS) is 9.75. The molecule has 1 rings (SSSR count). The van der Waals surface area contributed by atoms with Crippen molar-refractivity contribution in [1.82, 2.24) is 0 Å². The van der Waals surface area contributed by atoms with Gasteiger partial charge in [-0.15, -0.1) is 0 Å². The molecular weight excluding hydrogens is 297 g/mol. The van der Waals surface area contributed by atoms with Gasteiger partial charge < -0.3 is 10.1 Å². The summed E-state index contributed by atoms with van der Waals surface area (Å²) in [7, 11) is 1.26. The first-order chi connectivity index (χ1) is 7.45. The van der Waals surface area contributed by atoms with Crippen LogP contribution in [0, 0.1) is 0 Å². The molecule has 1 aromatic rings. The van der Waals surface area contributed by atoms with Crippen molar-refractivity contribution >= 4 is 45.1 Å². The van der Waals surface area contributed by atoms with Crippen LogP contribution in [0.25, 0.3) is 0 Å². The Morgan fingerprint density at radius 1 is 1.44 bits per heavy atom. The van der Waals surface area contributed by atoms with E-state index >= 15 is 0 Å². The molecule has 0 atom stereocenters. The number of benzene rings is 1. The smallest absolute Gasteiger partial charge is 0.340 e. The fourth-order valence-corrected chi connectivity index (χ4v) is 2.00. The standard InChI is InChI=1S/C10H9BrClNO3/c1-5(14)13-9-7(10(15)16-2)3-6(11)4-8(9)12/h3-4H,1-2H3,(H,13,14). The van der Waals surface area contributed by atoms with E-state index in [0.29, 0.717) is 4.47 Å². The van der Waals surface area contributed by atoms with E-state index in [0.717, 1.165) is 0 Å². The summed E-state index contributed by atoms with van der Waals surface area (Å²) in [6.07, 6.45) is 0. The van der Waals surface area contributed by atoms with Crippen LogP contribution < -0.4 is 5.32 Å². The molecule has 0 aliphatic rings. The van der Waals surface area contributed by atoms with E-state index in [9.17, 15) is 9.59 Å². The first kappa shape index (κ1) is 13.0. The van der Waals surface area contributed by atoms with E-state index in [4.69, 9.17) is 11.6 Å². The van der Waals surface area contributed by atoms with Gasteiger partial charge in [0.15, 0.2) is 0 Å². The lowest BCUT2D eigenvalue weighted by molar-refractivity contribution is -0.114. The summed E-state index contributed by atoms with van der Waals surface area (Å²) in [5.74, 6) is -0.874. The fourth-order valence-electron chi connectivity index (χ4n) is 1.15. The Hall–Kier alpha value is -1.07. The van der Waals surface area contributed by atoms with Crippen molar-refractivity contribution in [2.45, 2.75) is 6.92 Å². The molecule has 6 heteroatoms. The quantitative estimate of drug-likeness (QED) is 0.855. The summed E-state index contributed by atoms with van der Waals surface area (Å²) in [6, 6.07) is 3.11. The average molecular weight is 307 g/mol. The Balaban J connectivity index is 3.31. The molecule has 1 N–H and O–H groups in total. The van der Waals surface area contributed by atoms with Gasteiger partial charge in [-0.05, 0) is 12.1 Å². The second-order valence-corrected chi connectivity index (χ2v) is 4.31. The molecule has 0 radical (unpaired) electrons. The monoisotopic (exact) mass is 305 g/mol. The van der Waals surface area contributed by atoms with Gasteiger partial charge in [-0.1, -0.05) is 27.5 Å². The predicted octanol–water partition coefficient (Wildman–Crippen LogP) is 2.85. The third-order valence-corrected chi connectivity index (χ3v) is 2.52. The first-order valence-electron chi connectivity index (χ1n) is 4.30. The molecule has 1 aromatic carbocycles. The zero-order valence-corrected chi connectivity index (χ0v) is 11.0. The van der Waals surface area contributed by atoms with Gasteiger partial charge in [0.05, 0.1) is 23.4 Å². The van der Waals surface area contributed by atoms with Gasteiger partial charge >= 0.3 is 5.97 Å². The number of halogens is 2. The summed E-state index contributed by atoms with van der Waals surface area (Å²) >= 11 is 9.13. The van der Waals surface area contributed by atoms with Crippen LogP contribution in [0.1, 0.15) is 17.3 Å². The molecule has 0 fully saturated rings. The number of hydrogen-bond acceptors (Lipinski definition) is 3. The molecule has 1 amide bonds. The van der Waals surface area contributed by atoms with E-state index in [1.165, 1.54) is 20.1 Å². The molecule has 0 unspecified atom stereocenters. The Morgan fingerprint density at radius 3 is 2.56 bits per heavy atom. The van der Waals surface area contributed by atoms with E-state index in [1.54, 1.807) is 6.07 Å². The molecule has 0 heterocycles. The number of rotatable bonds is 2. The minimum atomic E-state index is -0.563. The molecule has 16 heavy (non-hydrogen) atoms. The molecule has 0 spiro atoms. The predicted molar refractivity (Wildman–Crippen MR) is 64.8 cm³/mol. The highest BCUT2D eigenvalue weighted by Crippen LogP contribution is 2.30. The number of nitrogens with one attached hydrogen (secondary N) is 1. The van der Waals surface area contributed by atoms with Gasteiger partial charge in [0, 0.05) is 11.4 Å². The third-order valence-electron chi connectivity index (χ3n) is 1.76. The zero-order valence-electron chi connectivity index (χ0n) is 8.64. The van der Waals surface area contributed by atoms with Gasteiger partial charge in [0.1, 0.15) is 0 Å². The van der Waals surface area contributed by atoms with Crippen molar-refractivity contribution in [3.63, 3.8) is 0 Å². The number of carbonyl (C=O) groups excluding carboxylic acids is 2. The summed E-state index contributed by atoms with van der Waals surface area (Å²) in [4.78, 5) is 22.4. The van der Waals surface area contributed by atoms with Gasteiger partial charge in [0.2, 0.25) is 5.91 Å². The van der Waals surface area contributed by atoms with E-state index in [2.05, 4.69) is 26.0 Å². The van der Waals surface area contributed by atoms with Crippen LogP contribution >= 0.6 is 27.5 Å². The van der Waals surface area contributed by atoms with Crippen molar-refractivity contribution in [3.8, 4) is 0 Å². The number of methoxy groups -OCH3 is 1. The zero-order chi connectivity index (χ0) is 12.3. The highest BCUT2D eigenvalue weighted by atomic mass is 79.9. The van der Waals surface area contributed by atoms with Crippen molar-refractivity contribution < 1.29 is 14.3 Å². The van der Waals surface area contributed by atoms with Crippen LogP contribution in [-0.2, 0) is 9.53 Å². The molecule has 86 valence electrons. The van der Waals surface area contributed by atoms with Gasteiger partial charge in [-0.2, -0.15) is 0 Å². The van der Waals surface area contributed by atoms with Crippen molar-refractivity contribution in [1.29, 1.82) is 0 Å². The van der Waals surface area contributed by atoms with Crippen LogP contribution in [0.3, 0.4) is 0 Å². The van der Waals surface area contributed by atoms with Gasteiger partial charge in [0.25, 0.3) is 0 Å². The second kappa shape index (κ2) is 5.32. The minimum absolute atomic E-state index is 0.206. The molecule has 0 saturated heterocycles. The van der Waals surface area contributed by atoms with Crippen LogP contribution in [0.15, 0.2) is 16.6 Å². The molecule has 0 bridgehead atoms. The maximum Gasteiger partial charge on any atom is 0.340 e. The number of ether oxygens (including phenoxy) is 1. The maximum atomic E-state index is 11.5. The number of hydrogen-bond donors (Lipinski definition) is 1. The number of esters is 1. The Bertz CT molecular complexity index is 448. The highest BCUT2D eigenvalue weighted by molar-refractivity contribution is 9.10. The van der Waals surface area contributed by atoms with E-state index < -0.39 is 5.97 Å². The SMILES string of the molecule is COC(=O)c1cc(Br)cc(Cl)c1NC(C)=O. The lowest BCUT2D eigenvalue weighted by Crippen LogP contribution is -2.12. The minimum Gasteiger partial charge on any atom is -0.465 e. The molecule has 0 saturated carbocycles. The number of carbonyl (C=O) groups is 2. The van der Waals surface area contributed by atoms with Crippen molar-refractivity contribution in [2.75, 3.05) is 12.4 Å². The Kier molecular flexibility index (Phi) is 4.32. The lowest BCUT2D eigenvalue weighted by Gasteiger charge is -2.10. The van der Waals surface area contributed by atoms with Crippen LogP contribution in [0.2, 0.25) is 5.02 Å². The average Bonchev–Trinajstić information content (AvgIpc) is 2.20. The van der Waals surface area contributed by atoms with Crippen LogP contribution in [-0.4, -0.2) is 19.0 Å². The summed E-state index contributed by atoms with van der Waals surface area (Å²) in [6.45, 7) is 1.33. The topological polar surface area (TPSA) is 55.4 Å². The summed E-state index contributed by atoms with van der Waals surface area (Å²) < 4.78 is 5.23. The molecule has 0 aliphatic heterocycles. The second-order valence-electron chi connectivity index (χ2n) is 2.98. The molecule has 0 aliphatic carbocycles. The summed E-state index contributed by atoms with van der Waals surface area (Å²) in [5.41, 5.74) is 0.460. The Morgan fingerprint density at radius 2 is 2.06 bits per heavy atom. The Labute approximate surface area is 106 Å². The summed E-state index contributed by atoms with van der Waals surface area (Å²) in [5, 5.41) is 2.76. The maximum absolute atomic E-state index is 11.5. The highest BCUT2D eigenvalue weighted by Gasteiger charge is 2.17. The lowest BCUT2D eigenvalue weighted by atomic mass is 10.2. The van der Waals surface area contributed by atoms with Crippen LogP contribution in [0.5, 0.6) is 0 Å². The largest absolute Gasteiger partial charge is 0.465 e. The van der Waals surface area contributed by atoms with E-state index in [-0.39, 0.29) is 22.2 Å². The molecular formula is C10H9BrClNO3. The third kappa shape index (κ3) is 2.96. The van der Waals surface area contributed by atoms with Gasteiger partial charge in [-0.3, -0.25) is 4.79 Å². The molecule has 0 aromatic heterocycles. The van der Waals surface area contributed by atoms with Crippen molar-refractivity contribution in [2.24, 2.45) is 0 Å². The van der Waals surface area contributed by atoms with Crippen LogP contribution in [0.4, 0.5) is 5.69 Å². The van der Waals surface area contributed by atoms with Gasteiger partial charge in [-0.25, -0.2) is 4.79 Å². The van der Waals surface area contributed by atoms with Crippen molar-refractivity contribution in [3.05, 3.63) is 27.2 Å². The fraction of sp³-hybridized carbons (Fsp3) is 0.200. The van der Waals surface area contributed by atoms with E-state index in [1.807, 2.05) is 0 Å².